The van der Waals surface area contributed by atoms with Crippen LogP contribution in [0.15, 0.2) is 30.3 Å². The van der Waals surface area contributed by atoms with Gasteiger partial charge in [0.25, 0.3) is 0 Å². The van der Waals surface area contributed by atoms with Gasteiger partial charge in [0.15, 0.2) is 0 Å². The van der Waals surface area contributed by atoms with Gasteiger partial charge in [0.1, 0.15) is 5.75 Å². The lowest BCUT2D eigenvalue weighted by molar-refractivity contribution is 0.322. The molecule has 4 nitrogen and oxygen atoms in total. The fourth-order valence-corrected chi connectivity index (χ4v) is 1.81. The topological polar surface area (TPSA) is 57.4 Å². The van der Waals surface area contributed by atoms with Crippen LogP contribution in [0.1, 0.15) is 18.1 Å². The predicted molar refractivity (Wildman–Crippen MR) is 75.8 cm³/mol. The van der Waals surface area contributed by atoms with Crippen molar-refractivity contribution in [2.75, 3.05) is 12.3 Å². The zero-order valence-corrected chi connectivity index (χ0v) is 11.4. The molecule has 100 valence electrons. The summed E-state index contributed by atoms with van der Waals surface area (Å²) in [4.78, 5) is 4.27. The maximum Gasteiger partial charge on any atom is 0.240 e. The third kappa shape index (κ3) is 2.96. The Labute approximate surface area is 113 Å². The average molecular weight is 258 g/mol. The molecule has 0 unspecified atom stereocenters. The van der Waals surface area contributed by atoms with Gasteiger partial charge in [-0.2, -0.15) is 4.98 Å². The molecule has 19 heavy (non-hydrogen) atoms. The summed E-state index contributed by atoms with van der Waals surface area (Å²) < 4.78 is 11.2. The molecule has 0 aliphatic heterocycles. The summed E-state index contributed by atoms with van der Waals surface area (Å²) in [6.07, 6.45) is 0. The fraction of sp³-hybridized carbons (Fsp3) is 0.267. The van der Waals surface area contributed by atoms with Crippen LogP contribution in [0.3, 0.4) is 0 Å². The first-order valence-electron chi connectivity index (χ1n) is 6.25. The van der Waals surface area contributed by atoms with E-state index >= 15 is 0 Å². The molecule has 0 saturated carbocycles. The smallest absolute Gasteiger partial charge is 0.240 e. The standard InChI is InChI=1S/C15H18N2O2/c1-4-18-15-12(16)8-9-13(17-15)19-14-10(2)6-5-7-11(14)3/h5-9H,4,16H2,1-3H3. The van der Waals surface area contributed by atoms with Gasteiger partial charge in [-0.25, -0.2) is 0 Å². The van der Waals surface area contributed by atoms with Crippen LogP contribution in [0, 0.1) is 13.8 Å². The highest BCUT2D eigenvalue weighted by molar-refractivity contribution is 5.50. The summed E-state index contributed by atoms with van der Waals surface area (Å²) in [5.74, 6) is 1.71. The Bertz CT molecular complexity index is 562. The Morgan fingerprint density at radius 1 is 1.11 bits per heavy atom. The van der Waals surface area contributed by atoms with Crippen LogP contribution in [-0.4, -0.2) is 11.6 Å². The Morgan fingerprint density at radius 3 is 2.42 bits per heavy atom. The number of para-hydroxylation sites is 1. The summed E-state index contributed by atoms with van der Waals surface area (Å²) in [5, 5.41) is 0. The molecule has 2 aromatic rings. The van der Waals surface area contributed by atoms with Gasteiger partial charge in [-0.05, 0) is 38.0 Å². The molecule has 0 spiro atoms. The van der Waals surface area contributed by atoms with Crippen LogP contribution in [0.4, 0.5) is 5.69 Å². The minimum Gasteiger partial charge on any atom is -0.476 e. The molecule has 0 bridgehead atoms. The molecule has 2 N–H and O–H groups in total. The molecule has 0 aliphatic carbocycles. The Balaban J connectivity index is 2.31. The monoisotopic (exact) mass is 258 g/mol. The fourth-order valence-electron chi connectivity index (χ4n) is 1.81. The zero-order valence-electron chi connectivity index (χ0n) is 11.4. The van der Waals surface area contributed by atoms with E-state index in [4.69, 9.17) is 15.2 Å². The molecule has 2 rings (SSSR count). The van der Waals surface area contributed by atoms with Crippen LogP contribution in [0.2, 0.25) is 0 Å². The molecular formula is C15H18N2O2. The minimum atomic E-state index is 0.409. The number of ether oxygens (including phenoxy) is 2. The summed E-state index contributed by atoms with van der Waals surface area (Å²) in [6.45, 7) is 6.41. The van der Waals surface area contributed by atoms with Gasteiger partial charge in [0, 0.05) is 6.07 Å². The van der Waals surface area contributed by atoms with E-state index in [0.29, 0.717) is 24.1 Å². The third-order valence-corrected chi connectivity index (χ3v) is 2.76. The Kier molecular flexibility index (Phi) is 3.90. The molecule has 0 fully saturated rings. The molecule has 0 aliphatic rings. The lowest BCUT2D eigenvalue weighted by Gasteiger charge is -2.12. The predicted octanol–water partition coefficient (Wildman–Crippen LogP) is 3.47. The average Bonchev–Trinajstić information content (AvgIpc) is 2.38. The first-order valence-corrected chi connectivity index (χ1v) is 6.25. The van der Waals surface area contributed by atoms with Gasteiger partial charge in [0.05, 0.1) is 12.3 Å². The normalized spacial score (nSPS) is 10.3. The number of nitrogens with zero attached hydrogens (tertiary/aromatic N) is 1. The highest BCUT2D eigenvalue weighted by atomic mass is 16.5. The molecule has 1 aromatic carbocycles. The van der Waals surface area contributed by atoms with E-state index in [0.717, 1.165) is 16.9 Å². The number of nitrogens with two attached hydrogens (primary N) is 1. The van der Waals surface area contributed by atoms with Gasteiger partial charge in [-0.1, -0.05) is 18.2 Å². The highest BCUT2D eigenvalue weighted by Gasteiger charge is 2.08. The quantitative estimate of drug-likeness (QED) is 0.912. The highest BCUT2D eigenvalue weighted by Crippen LogP contribution is 2.30. The summed E-state index contributed by atoms with van der Waals surface area (Å²) in [6, 6.07) is 9.48. The van der Waals surface area contributed by atoms with Crippen molar-refractivity contribution >= 4 is 5.69 Å². The van der Waals surface area contributed by atoms with Crippen LogP contribution in [-0.2, 0) is 0 Å². The van der Waals surface area contributed by atoms with E-state index in [9.17, 15) is 0 Å². The van der Waals surface area contributed by atoms with E-state index in [1.165, 1.54) is 0 Å². The summed E-state index contributed by atoms with van der Waals surface area (Å²) >= 11 is 0. The van der Waals surface area contributed by atoms with Crippen LogP contribution in [0.25, 0.3) is 0 Å². The first-order chi connectivity index (χ1) is 9.11. The van der Waals surface area contributed by atoms with E-state index < -0.39 is 0 Å². The number of benzene rings is 1. The van der Waals surface area contributed by atoms with Crippen molar-refractivity contribution in [3.05, 3.63) is 41.5 Å². The second-order valence-corrected chi connectivity index (χ2v) is 4.30. The van der Waals surface area contributed by atoms with Crippen LogP contribution in [0.5, 0.6) is 17.5 Å². The zero-order chi connectivity index (χ0) is 13.8. The third-order valence-electron chi connectivity index (χ3n) is 2.76. The van der Waals surface area contributed by atoms with E-state index in [-0.39, 0.29) is 0 Å². The molecule has 0 atom stereocenters. The van der Waals surface area contributed by atoms with Gasteiger partial charge >= 0.3 is 0 Å². The van der Waals surface area contributed by atoms with Gasteiger partial charge < -0.3 is 15.2 Å². The second kappa shape index (κ2) is 5.61. The van der Waals surface area contributed by atoms with Crippen molar-refractivity contribution in [3.8, 4) is 17.5 Å². The summed E-state index contributed by atoms with van der Waals surface area (Å²) in [5.41, 5.74) is 8.43. The number of aromatic nitrogens is 1. The molecular weight excluding hydrogens is 240 g/mol. The lowest BCUT2D eigenvalue weighted by atomic mass is 10.1. The molecule has 1 heterocycles. The minimum absolute atomic E-state index is 0.409. The van der Waals surface area contributed by atoms with Crippen molar-refractivity contribution in [1.29, 1.82) is 0 Å². The molecule has 4 heteroatoms. The molecule has 1 aromatic heterocycles. The van der Waals surface area contributed by atoms with E-state index in [1.807, 2.05) is 39.0 Å². The Morgan fingerprint density at radius 2 is 1.79 bits per heavy atom. The number of pyridine rings is 1. The molecule has 0 amide bonds. The number of hydrogen-bond donors (Lipinski definition) is 1. The summed E-state index contributed by atoms with van der Waals surface area (Å²) in [7, 11) is 0. The first kappa shape index (κ1) is 13.2. The largest absolute Gasteiger partial charge is 0.476 e. The van der Waals surface area contributed by atoms with E-state index in [1.54, 1.807) is 12.1 Å². The second-order valence-electron chi connectivity index (χ2n) is 4.30. The number of aryl methyl sites for hydroxylation is 2. The number of rotatable bonds is 4. The maximum atomic E-state index is 5.84. The van der Waals surface area contributed by atoms with Crippen molar-refractivity contribution in [3.63, 3.8) is 0 Å². The molecule has 0 saturated heterocycles. The van der Waals surface area contributed by atoms with Crippen molar-refractivity contribution < 1.29 is 9.47 Å². The number of anilines is 1. The van der Waals surface area contributed by atoms with Crippen molar-refractivity contribution in [1.82, 2.24) is 4.98 Å². The van der Waals surface area contributed by atoms with Crippen LogP contribution < -0.4 is 15.2 Å². The van der Waals surface area contributed by atoms with Gasteiger partial charge in [0.2, 0.25) is 11.8 Å². The Hall–Kier alpha value is -2.23. The maximum absolute atomic E-state index is 5.84. The van der Waals surface area contributed by atoms with Crippen LogP contribution >= 0.6 is 0 Å². The molecule has 0 radical (unpaired) electrons. The number of nitrogen functional groups attached to an aromatic ring is 1. The van der Waals surface area contributed by atoms with Crippen molar-refractivity contribution in [2.45, 2.75) is 20.8 Å². The SMILES string of the molecule is CCOc1nc(Oc2c(C)cccc2C)ccc1N. The van der Waals surface area contributed by atoms with Crippen molar-refractivity contribution in [2.24, 2.45) is 0 Å². The van der Waals surface area contributed by atoms with Gasteiger partial charge in [-0.3, -0.25) is 0 Å². The number of hydrogen-bond acceptors (Lipinski definition) is 4. The van der Waals surface area contributed by atoms with Gasteiger partial charge in [-0.15, -0.1) is 0 Å². The van der Waals surface area contributed by atoms with E-state index in [2.05, 4.69) is 4.98 Å². The lowest BCUT2D eigenvalue weighted by Crippen LogP contribution is -2.01.